The maximum absolute atomic E-state index is 13.5. The fourth-order valence-electron chi connectivity index (χ4n) is 14.0. The van der Waals surface area contributed by atoms with E-state index in [9.17, 15) is 53.4 Å². The van der Waals surface area contributed by atoms with Gasteiger partial charge >= 0.3 is 24.1 Å². The fraction of sp³-hybridized carbons (Fsp3) is 0.589. The molecule has 5 aromatic rings. The number of ether oxygens (including phenoxy) is 2. The number of carboxylic acids is 2. The van der Waals surface area contributed by atoms with Crippen molar-refractivity contribution in [1.82, 2.24) is 46.3 Å². The first-order valence-corrected chi connectivity index (χ1v) is 35.9. The largest absolute Gasteiger partial charge is 0.507 e. The molecule has 30 heteroatoms. The SMILES string of the molecule is CC(C)(C)OC(=O)N[C@@H](C(=O)N1CC[C@H]1C(=O)NCc1ccc2c(N)noc2c1)C1CCCCC1.CC(C)(C)OC(=O)N[C@@H](C(=O)N1CC[C@H]1C(=O)O)C1CCCCC1.N=C(N)c1ccc(CNC(=O)[C@@H]2CCN2C(=O)[C@H](CCC(=O)O)C2CCCCC2)cc1O.NCc1ccc2c(N)noc2c1. The van der Waals surface area contributed by atoms with Crippen LogP contribution in [0.1, 0.15) is 192 Å². The highest BCUT2D eigenvalue weighted by Crippen LogP contribution is 2.37. The summed E-state index contributed by atoms with van der Waals surface area (Å²) in [4.78, 5) is 117. The molecule has 6 fully saturated rings. The van der Waals surface area contributed by atoms with E-state index in [0.29, 0.717) is 80.2 Å². The minimum Gasteiger partial charge on any atom is -0.507 e. The topological polar surface area (TPSA) is 471 Å². The number of phenols is 1. The van der Waals surface area contributed by atoms with E-state index in [0.717, 1.165) is 118 Å². The van der Waals surface area contributed by atoms with Crippen LogP contribution in [0.4, 0.5) is 21.2 Å². The van der Waals surface area contributed by atoms with Gasteiger partial charge in [0.2, 0.25) is 29.5 Å². The van der Waals surface area contributed by atoms with Gasteiger partial charge in [0.25, 0.3) is 0 Å². The summed E-state index contributed by atoms with van der Waals surface area (Å²) in [5.41, 5.74) is 24.8. The highest BCUT2D eigenvalue weighted by molar-refractivity contribution is 5.98. The number of amidine groups is 1. The molecule has 6 atom stereocenters. The van der Waals surface area contributed by atoms with Crippen LogP contribution in [0.3, 0.4) is 0 Å². The number of nitrogen functional groups attached to an aromatic ring is 3. The third-order valence-electron chi connectivity index (χ3n) is 19.8. The minimum atomic E-state index is -0.991. The number of phenolic OH excluding ortho intramolecular Hbond substituents is 1. The van der Waals surface area contributed by atoms with Crippen molar-refractivity contribution in [3.8, 4) is 5.75 Å². The number of alkyl carbamates (subject to hydrolysis) is 2. The van der Waals surface area contributed by atoms with Crippen LogP contribution in [0.25, 0.3) is 21.9 Å². The summed E-state index contributed by atoms with van der Waals surface area (Å²) in [5, 5.41) is 55.8. The predicted molar refractivity (Wildman–Crippen MR) is 382 cm³/mol. The van der Waals surface area contributed by atoms with Crippen LogP contribution in [0, 0.1) is 29.1 Å². The molecule has 11 rings (SSSR count). The van der Waals surface area contributed by atoms with Crippen LogP contribution in [-0.2, 0) is 62.7 Å². The van der Waals surface area contributed by atoms with Gasteiger partial charge in [-0.1, -0.05) is 86.3 Å². The second kappa shape index (κ2) is 35.9. The molecule has 103 heavy (non-hydrogen) atoms. The smallest absolute Gasteiger partial charge is 0.408 e. The molecule has 562 valence electrons. The van der Waals surface area contributed by atoms with E-state index in [2.05, 4.69) is 31.6 Å². The van der Waals surface area contributed by atoms with Crippen molar-refractivity contribution in [2.24, 2.45) is 35.1 Å². The summed E-state index contributed by atoms with van der Waals surface area (Å²) in [6.45, 7) is 13.0. The number of fused-ring (bicyclic) bond motifs is 2. The molecule has 7 amide bonds. The molecule has 3 aliphatic heterocycles. The van der Waals surface area contributed by atoms with Gasteiger partial charge < -0.3 is 92.7 Å². The Kier molecular flexibility index (Phi) is 27.5. The highest BCUT2D eigenvalue weighted by Gasteiger charge is 2.46. The summed E-state index contributed by atoms with van der Waals surface area (Å²) in [6, 6.07) is 12.4. The zero-order valence-electron chi connectivity index (χ0n) is 60.0. The van der Waals surface area contributed by atoms with E-state index in [1.54, 1.807) is 69.5 Å². The van der Waals surface area contributed by atoms with Crippen molar-refractivity contribution in [3.63, 3.8) is 0 Å². The molecule has 0 bridgehead atoms. The number of rotatable bonds is 20. The molecule has 3 aliphatic carbocycles. The number of nitrogens with two attached hydrogens (primary N) is 4. The van der Waals surface area contributed by atoms with E-state index in [-0.39, 0.29) is 89.9 Å². The first-order chi connectivity index (χ1) is 48.9. The minimum absolute atomic E-state index is 0.0359. The van der Waals surface area contributed by atoms with Gasteiger partial charge in [0, 0.05) is 51.6 Å². The Hall–Kier alpha value is -9.74. The first-order valence-electron chi connectivity index (χ1n) is 35.9. The number of aromatic nitrogens is 2. The number of carboxylic acid groups (broad SMARTS) is 2. The fourth-order valence-corrected chi connectivity index (χ4v) is 14.0. The second-order valence-electron chi connectivity index (χ2n) is 29.5. The van der Waals surface area contributed by atoms with Gasteiger partial charge in [-0.3, -0.25) is 34.2 Å². The zero-order chi connectivity index (χ0) is 74.9. The molecule has 0 unspecified atom stereocenters. The van der Waals surface area contributed by atoms with Crippen LogP contribution in [-0.4, -0.2) is 161 Å². The Labute approximate surface area is 599 Å². The summed E-state index contributed by atoms with van der Waals surface area (Å²) in [5.74, 6) is -2.71. The van der Waals surface area contributed by atoms with Crippen molar-refractivity contribution < 1.29 is 77.0 Å². The van der Waals surface area contributed by atoms with Gasteiger partial charge in [-0.25, -0.2) is 14.4 Å². The third-order valence-corrected chi connectivity index (χ3v) is 19.8. The molecule has 3 saturated carbocycles. The van der Waals surface area contributed by atoms with Gasteiger partial charge in [-0.15, -0.1) is 0 Å². The number of hydrogen-bond acceptors (Lipinski definition) is 20. The number of anilines is 2. The van der Waals surface area contributed by atoms with Gasteiger partial charge in [0.15, 0.2) is 22.8 Å². The standard InChI is InChI=1S/C25H35N5O5.C23H32N4O5.C17H28N2O5.C8H9N3O/c1-25(2,3)34-24(33)28-20(16-7-5-4-6-8-16)23(32)30-12-11-18(30)22(31)27-14-15-9-10-17-19(13-15)35-29-21(17)26;24-21(25)17-7-6-14(12-19(17)28)13-26-22(31)18-10-11-27(18)23(32)16(8-9-20(29)30)15-4-2-1-3-5-15;1-17(2,3)24-16(23)18-13(11-7-5-4-6-8-11)14(20)19-10-9-12(19)15(21)22;9-4-5-1-2-6-7(3-5)12-11-8(6)10/h9-10,13,16,18,20H,4-8,11-12,14H2,1-3H3,(H2,26,29)(H,27,31)(H,28,33);6-7,12,15-16,18,28H,1-5,8-11,13H2,(H3,24,25)(H,26,31)(H,29,30);11-13H,4-10H2,1-3H3,(H,18,23)(H,21,22);1-3H,4,9H2,(H2,10,11)/t18-,20+;16-,18+;12-,13+;/m010./s1. The lowest BCUT2D eigenvalue weighted by atomic mass is 9.76. The number of benzene rings is 3. The summed E-state index contributed by atoms with van der Waals surface area (Å²) in [7, 11) is 0. The third kappa shape index (κ3) is 21.9. The molecule has 3 saturated heterocycles. The molecule has 0 radical (unpaired) electrons. The van der Waals surface area contributed by atoms with E-state index >= 15 is 0 Å². The number of carbonyl (C=O) groups excluding carboxylic acids is 7. The number of carbonyl (C=O) groups is 9. The number of aliphatic carboxylic acids is 2. The molecule has 0 spiro atoms. The molecule has 30 nitrogen and oxygen atoms in total. The van der Waals surface area contributed by atoms with Crippen molar-refractivity contribution in [2.45, 2.75) is 231 Å². The number of hydrogen-bond donors (Lipinski definition) is 12. The maximum atomic E-state index is 13.5. The average molecular weight is 1430 g/mol. The van der Waals surface area contributed by atoms with E-state index in [4.69, 9.17) is 52.0 Å². The van der Waals surface area contributed by atoms with Crippen LogP contribution < -0.4 is 44.2 Å². The van der Waals surface area contributed by atoms with E-state index in [1.165, 1.54) is 17.0 Å². The highest BCUT2D eigenvalue weighted by atomic mass is 16.6. The molecular weight excluding hydrogens is 1330 g/mol. The molecule has 16 N–H and O–H groups in total. The molecule has 3 aromatic carbocycles. The Morgan fingerprint density at radius 2 is 0.961 bits per heavy atom. The lowest BCUT2D eigenvalue weighted by Crippen LogP contribution is -2.63. The lowest BCUT2D eigenvalue weighted by Gasteiger charge is -2.43. The Morgan fingerprint density at radius 1 is 0.563 bits per heavy atom. The summed E-state index contributed by atoms with van der Waals surface area (Å²) in [6.07, 6.45) is 15.6. The van der Waals surface area contributed by atoms with E-state index < -0.39 is 65.5 Å². The number of likely N-dealkylation sites (tertiary alicyclic amines) is 3. The van der Waals surface area contributed by atoms with Crippen LogP contribution in [0.2, 0.25) is 0 Å². The van der Waals surface area contributed by atoms with Crippen LogP contribution in [0.5, 0.6) is 5.75 Å². The normalized spacial score (nSPS) is 19.4. The quantitative estimate of drug-likeness (QED) is 0.0259. The van der Waals surface area contributed by atoms with Crippen molar-refractivity contribution >= 4 is 93.1 Å². The zero-order valence-corrected chi connectivity index (χ0v) is 60.0. The first kappa shape index (κ1) is 79.0. The average Bonchev–Trinajstić information content (AvgIpc) is 1.62. The van der Waals surface area contributed by atoms with E-state index in [1.807, 2.05) is 24.3 Å². The van der Waals surface area contributed by atoms with Crippen molar-refractivity contribution in [2.75, 3.05) is 31.1 Å². The Balaban J connectivity index is 0.000000183. The molecule has 2 aromatic heterocycles. The predicted octanol–water partition coefficient (Wildman–Crippen LogP) is 8.07. The second-order valence-corrected chi connectivity index (χ2v) is 29.5. The van der Waals surface area contributed by atoms with Gasteiger partial charge in [-0.05, 0) is 177 Å². The number of aromatic hydroxyl groups is 1. The molecular formula is C73H104N14O16. The molecule has 5 heterocycles. The van der Waals surface area contributed by atoms with Crippen LogP contribution in [0.15, 0.2) is 63.6 Å². The number of amides is 7. The number of nitrogens with one attached hydrogen (secondary N) is 5. The maximum Gasteiger partial charge on any atom is 0.408 e. The summed E-state index contributed by atoms with van der Waals surface area (Å²) >= 11 is 0. The lowest BCUT2D eigenvalue weighted by molar-refractivity contribution is -0.159. The van der Waals surface area contributed by atoms with Crippen molar-refractivity contribution in [3.05, 3.63) is 76.9 Å². The van der Waals surface area contributed by atoms with Gasteiger partial charge in [0.05, 0.1) is 16.3 Å². The Morgan fingerprint density at radius 3 is 1.35 bits per heavy atom. The van der Waals surface area contributed by atoms with Gasteiger partial charge in [0.1, 0.15) is 53.0 Å². The summed E-state index contributed by atoms with van der Waals surface area (Å²) < 4.78 is 20.8. The van der Waals surface area contributed by atoms with Gasteiger partial charge in [-0.2, -0.15) is 0 Å². The van der Waals surface area contributed by atoms with Crippen LogP contribution >= 0.6 is 0 Å². The molecule has 6 aliphatic rings. The van der Waals surface area contributed by atoms with Crippen molar-refractivity contribution in [1.29, 1.82) is 5.41 Å². The Bertz CT molecular complexity index is 3810. The monoisotopic (exact) mass is 1430 g/mol. The number of nitrogens with zero attached hydrogens (tertiary/aromatic N) is 5.